The van der Waals surface area contributed by atoms with Crippen LogP contribution in [-0.4, -0.2) is 33.0 Å². The van der Waals surface area contributed by atoms with E-state index >= 15 is 0 Å². The molecule has 0 fully saturated rings. The number of thiophene rings is 1. The van der Waals surface area contributed by atoms with E-state index in [0.29, 0.717) is 6.61 Å². The normalized spacial score (nSPS) is 13.1. The first-order valence-electron chi connectivity index (χ1n) is 10.9. The molecule has 0 saturated carbocycles. The van der Waals surface area contributed by atoms with Gasteiger partial charge in [-0.3, -0.25) is 4.79 Å². The predicted octanol–water partition coefficient (Wildman–Crippen LogP) is 5.42. The molecule has 0 spiro atoms. The molecule has 31 heavy (non-hydrogen) atoms. The number of aryl methyl sites for hydroxylation is 1. The van der Waals surface area contributed by atoms with E-state index in [4.69, 9.17) is 4.74 Å². The fourth-order valence-corrected chi connectivity index (χ4v) is 5.72. The highest BCUT2D eigenvalue weighted by Gasteiger charge is 2.22. The number of carbonyl (C=O) groups is 1. The molecule has 0 saturated heterocycles. The number of fused-ring (bicyclic) bond motifs is 1. The standard InChI is InChI=1S/C23H28N4O2S2/c1-3-13-27-22(19-14-30-20-8-6-5-7-18(19)20)25-26-23(27)31-15-21(28)24-16-9-11-17(12-10-16)29-4-2/h9-12,14H,3-8,13,15H2,1-2H3,(H,24,28). The van der Waals surface area contributed by atoms with Gasteiger partial charge in [0.05, 0.1) is 12.4 Å². The topological polar surface area (TPSA) is 69.0 Å². The molecule has 3 aromatic rings. The summed E-state index contributed by atoms with van der Waals surface area (Å²) in [4.78, 5) is 14.0. The van der Waals surface area contributed by atoms with Crippen molar-refractivity contribution >= 4 is 34.7 Å². The van der Waals surface area contributed by atoms with E-state index in [1.165, 1.54) is 47.0 Å². The molecule has 1 N–H and O–H groups in total. The number of rotatable bonds is 9. The van der Waals surface area contributed by atoms with Crippen LogP contribution >= 0.6 is 23.1 Å². The molecular weight excluding hydrogens is 428 g/mol. The fourth-order valence-electron chi connectivity index (χ4n) is 3.83. The average molecular weight is 457 g/mol. The SMILES string of the molecule is CCCn1c(SCC(=O)Nc2ccc(OCC)cc2)nnc1-c1csc2c1CCCC2. The number of nitrogens with zero attached hydrogens (tertiary/aromatic N) is 3. The number of anilines is 1. The average Bonchev–Trinajstić information content (AvgIpc) is 3.38. The van der Waals surface area contributed by atoms with Gasteiger partial charge in [-0.25, -0.2) is 0 Å². The summed E-state index contributed by atoms with van der Waals surface area (Å²) in [5.41, 5.74) is 3.44. The summed E-state index contributed by atoms with van der Waals surface area (Å²) in [6.45, 7) is 5.56. The zero-order valence-corrected chi connectivity index (χ0v) is 19.7. The van der Waals surface area contributed by atoms with Gasteiger partial charge in [0.1, 0.15) is 5.75 Å². The van der Waals surface area contributed by atoms with Crippen molar-refractivity contribution in [1.82, 2.24) is 14.8 Å². The highest BCUT2D eigenvalue weighted by molar-refractivity contribution is 7.99. The molecule has 2 heterocycles. The largest absolute Gasteiger partial charge is 0.494 e. The van der Waals surface area contributed by atoms with E-state index in [-0.39, 0.29) is 11.7 Å². The van der Waals surface area contributed by atoms with Crippen molar-refractivity contribution in [1.29, 1.82) is 0 Å². The van der Waals surface area contributed by atoms with Crippen LogP contribution in [0.1, 0.15) is 43.6 Å². The van der Waals surface area contributed by atoms with Gasteiger partial charge in [0.25, 0.3) is 0 Å². The van der Waals surface area contributed by atoms with Gasteiger partial charge in [0, 0.05) is 28.1 Å². The Labute approximate surface area is 191 Å². The molecule has 164 valence electrons. The molecule has 1 amide bonds. The van der Waals surface area contributed by atoms with Crippen LogP contribution in [-0.2, 0) is 24.2 Å². The highest BCUT2D eigenvalue weighted by Crippen LogP contribution is 2.37. The maximum Gasteiger partial charge on any atom is 0.234 e. The quantitative estimate of drug-likeness (QED) is 0.435. The second-order valence-electron chi connectivity index (χ2n) is 7.51. The van der Waals surface area contributed by atoms with Gasteiger partial charge in [-0.15, -0.1) is 21.5 Å². The van der Waals surface area contributed by atoms with Gasteiger partial charge in [0.2, 0.25) is 5.91 Å². The number of carbonyl (C=O) groups excluding carboxylic acids is 1. The van der Waals surface area contributed by atoms with E-state index in [1.807, 2.05) is 42.5 Å². The summed E-state index contributed by atoms with van der Waals surface area (Å²) in [6.07, 6.45) is 5.81. The van der Waals surface area contributed by atoms with Crippen molar-refractivity contribution in [3.8, 4) is 17.1 Å². The van der Waals surface area contributed by atoms with Crippen LogP contribution in [0.2, 0.25) is 0 Å². The van der Waals surface area contributed by atoms with Crippen molar-refractivity contribution in [2.75, 3.05) is 17.7 Å². The molecule has 1 aromatic carbocycles. The van der Waals surface area contributed by atoms with Crippen molar-refractivity contribution in [2.24, 2.45) is 0 Å². The van der Waals surface area contributed by atoms with Crippen LogP contribution in [0.3, 0.4) is 0 Å². The first-order valence-corrected chi connectivity index (χ1v) is 12.7. The number of amides is 1. The fraction of sp³-hybridized carbons (Fsp3) is 0.435. The summed E-state index contributed by atoms with van der Waals surface area (Å²) >= 11 is 3.28. The number of benzene rings is 1. The maximum absolute atomic E-state index is 12.5. The van der Waals surface area contributed by atoms with Gasteiger partial charge in [0.15, 0.2) is 11.0 Å². The lowest BCUT2D eigenvalue weighted by Gasteiger charge is -2.13. The van der Waals surface area contributed by atoms with E-state index < -0.39 is 0 Å². The Morgan fingerprint density at radius 1 is 1.19 bits per heavy atom. The monoisotopic (exact) mass is 456 g/mol. The second-order valence-corrected chi connectivity index (χ2v) is 9.42. The summed E-state index contributed by atoms with van der Waals surface area (Å²) < 4.78 is 7.61. The molecular formula is C23H28N4O2S2. The van der Waals surface area contributed by atoms with Gasteiger partial charge < -0.3 is 14.6 Å². The third-order valence-electron chi connectivity index (χ3n) is 5.25. The molecule has 6 nitrogen and oxygen atoms in total. The van der Waals surface area contributed by atoms with Crippen molar-refractivity contribution in [3.63, 3.8) is 0 Å². The Hall–Kier alpha value is -2.32. The van der Waals surface area contributed by atoms with Crippen molar-refractivity contribution in [2.45, 2.75) is 57.7 Å². The van der Waals surface area contributed by atoms with Crippen LogP contribution in [0.5, 0.6) is 5.75 Å². The summed E-state index contributed by atoms with van der Waals surface area (Å²) in [7, 11) is 0. The summed E-state index contributed by atoms with van der Waals surface area (Å²) in [6, 6.07) is 7.42. The minimum Gasteiger partial charge on any atom is -0.494 e. The summed E-state index contributed by atoms with van der Waals surface area (Å²) in [5, 5.41) is 14.9. The van der Waals surface area contributed by atoms with E-state index in [0.717, 1.165) is 41.8 Å². The zero-order chi connectivity index (χ0) is 21.6. The van der Waals surface area contributed by atoms with Gasteiger partial charge in [-0.1, -0.05) is 18.7 Å². The lowest BCUT2D eigenvalue weighted by atomic mass is 9.95. The summed E-state index contributed by atoms with van der Waals surface area (Å²) in [5.74, 6) is 1.97. The Kier molecular flexibility index (Phi) is 7.29. The molecule has 0 atom stereocenters. The number of hydrogen-bond donors (Lipinski definition) is 1. The minimum absolute atomic E-state index is 0.0605. The van der Waals surface area contributed by atoms with E-state index in [2.05, 4.69) is 32.4 Å². The van der Waals surface area contributed by atoms with Gasteiger partial charge >= 0.3 is 0 Å². The Morgan fingerprint density at radius 3 is 2.77 bits per heavy atom. The van der Waals surface area contributed by atoms with Crippen molar-refractivity contribution in [3.05, 3.63) is 40.1 Å². The first kappa shape index (κ1) is 21.9. The van der Waals surface area contributed by atoms with Crippen LogP contribution in [0.4, 0.5) is 5.69 Å². The molecule has 0 aliphatic heterocycles. The van der Waals surface area contributed by atoms with Gasteiger partial charge in [-0.05, 0) is 68.9 Å². The van der Waals surface area contributed by atoms with Crippen LogP contribution in [0.25, 0.3) is 11.4 Å². The Balaban J connectivity index is 1.44. The molecule has 4 rings (SSSR count). The third kappa shape index (κ3) is 5.13. The predicted molar refractivity (Wildman–Crippen MR) is 127 cm³/mol. The second kappa shape index (κ2) is 10.3. The number of hydrogen-bond acceptors (Lipinski definition) is 6. The lowest BCUT2D eigenvalue weighted by molar-refractivity contribution is -0.113. The number of ether oxygens (including phenoxy) is 1. The number of thioether (sulfide) groups is 1. The molecule has 2 aromatic heterocycles. The molecule has 1 aliphatic rings. The smallest absolute Gasteiger partial charge is 0.234 e. The van der Waals surface area contributed by atoms with E-state index in [9.17, 15) is 4.79 Å². The number of nitrogens with one attached hydrogen (secondary N) is 1. The number of aromatic nitrogens is 3. The lowest BCUT2D eigenvalue weighted by Crippen LogP contribution is -2.14. The molecule has 1 aliphatic carbocycles. The van der Waals surface area contributed by atoms with E-state index in [1.54, 1.807) is 0 Å². The van der Waals surface area contributed by atoms with Crippen LogP contribution in [0, 0.1) is 0 Å². The zero-order valence-electron chi connectivity index (χ0n) is 18.0. The van der Waals surface area contributed by atoms with Crippen LogP contribution < -0.4 is 10.1 Å². The molecule has 8 heteroatoms. The van der Waals surface area contributed by atoms with Crippen molar-refractivity contribution < 1.29 is 9.53 Å². The third-order valence-corrected chi connectivity index (χ3v) is 7.30. The Bertz CT molecular complexity index is 1030. The highest BCUT2D eigenvalue weighted by atomic mass is 32.2. The molecule has 0 radical (unpaired) electrons. The molecule has 0 unspecified atom stereocenters. The minimum atomic E-state index is -0.0605. The van der Waals surface area contributed by atoms with Crippen LogP contribution in [0.15, 0.2) is 34.8 Å². The maximum atomic E-state index is 12.5. The van der Waals surface area contributed by atoms with Gasteiger partial charge in [-0.2, -0.15) is 0 Å². The first-order chi connectivity index (χ1) is 15.2. The Morgan fingerprint density at radius 2 is 2.00 bits per heavy atom. The molecule has 0 bridgehead atoms.